The number of nitrogens with one attached hydrogen (secondary N) is 1. The maximum atomic E-state index is 12.4. The van der Waals surface area contributed by atoms with E-state index in [1.807, 2.05) is 4.90 Å². The lowest BCUT2D eigenvalue weighted by molar-refractivity contribution is -0.134. The highest BCUT2D eigenvalue weighted by Crippen LogP contribution is 2.29. The number of sulfonamides is 1. The highest BCUT2D eigenvalue weighted by atomic mass is 32.2. The molecule has 2 aromatic carbocycles. The topological polar surface area (TPSA) is 118 Å². The lowest BCUT2D eigenvalue weighted by Gasteiger charge is -2.26. The fourth-order valence-corrected chi connectivity index (χ4v) is 4.56. The van der Waals surface area contributed by atoms with Gasteiger partial charge >= 0.3 is 0 Å². The molecule has 0 spiro atoms. The molecule has 0 bridgehead atoms. The molecule has 36 heavy (non-hydrogen) atoms. The van der Waals surface area contributed by atoms with E-state index in [-0.39, 0.29) is 18.2 Å². The summed E-state index contributed by atoms with van der Waals surface area (Å²) >= 11 is 0. The van der Waals surface area contributed by atoms with Gasteiger partial charge in [0.05, 0.1) is 24.8 Å². The smallest absolute Gasteiger partial charge is 0.260 e. The number of carbonyl (C=O) groups is 2. The molecule has 0 aromatic heterocycles. The van der Waals surface area contributed by atoms with E-state index in [0.717, 1.165) is 42.9 Å². The fraction of sp³-hybridized carbons (Fsp3) is 0.400. The second-order valence-electron chi connectivity index (χ2n) is 8.26. The number of rotatable bonds is 11. The van der Waals surface area contributed by atoms with Crippen LogP contribution in [0.5, 0.6) is 11.5 Å². The van der Waals surface area contributed by atoms with E-state index in [1.165, 1.54) is 6.21 Å². The summed E-state index contributed by atoms with van der Waals surface area (Å²) in [5.41, 5.74) is 3.31. The molecule has 194 valence electrons. The van der Waals surface area contributed by atoms with Gasteiger partial charge in [-0.3, -0.25) is 13.9 Å². The molecule has 2 aromatic rings. The molecule has 1 heterocycles. The molecule has 0 radical (unpaired) electrons. The number of hydrogen-bond donors (Lipinski definition) is 1. The predicted molar refractivity (Wildman–Crippen MR) is 138 cm³/mol. The second-order valence-corrected chi connectivity index (χ2v) is 10.2. The van der Waals surface area contributed by atoms with Crippen molar-refractivity contribution in [1.29, 1.82) is 0 Å². The Labute approximate surface area is 211 Å². The lowest BCUT2D eigenvalue weighted by Crippen LogP contribution is -2.39. The Morgan fingerprint density at radius 2 is 1.75 bits per heavy atom. The number of carbonyl (C=O) groups excluding carboxylic acids is 2. The van der Waals surface area contributed by atoms with E-state index in [4.69, 9.17) is 9.47 Å². The number of benzene rings is 2. The average Bonchev–Trinajstić information content (AvgIpc) is 2.87. The first-order valence-corrected chi connectivity index (χ1v) is 13.6. The van der Waals surface area contributed by atoms with Gasteiger partial charge in [-0.15, -0.1) is 0 Å². The zero-order valence-electron chi connectivity index (χ0n) is 20.6. The van der Waals surface area contributed by atoms with E-state index in [9.17, 15) is 18.0 Å². The number of anilines is 1. The Balaban J connectivity index is 1.53. The van der Waals surface area contributed by atoms with Crippen molar-refractivity contribution in [2.75, 3.05) is 43.4 Å². The summed E-state index contributed by atoms with van der Waals surface area (Å²) in [5, 5.41) is 3.92. The molecule has 1 aliphatic heterocycles. The van der Waals surface area contributed by atoms with Crippen LogP contribution in [0.15, 0.2) is 53.6 Å². The minimum Gasteiger partial charge on any atom is -0.492 e. The van der Waals surface area contributed by atoms with Crippen molar-refractivity contribution in [2.24, 2.45) is 5.10 Å². The summed E-state index contributed by atoms with van der Waals surface area (Å²) in [6.45, 7) is 3.24. The number of hydrazone groups is 1. The number of nitrogens with zero attached hydrogens (tertiary/aromatic N) is 3. The van der Waals surface area contributed by atoms with Crippen LogP contribution in [0.3, 0.4) is 0 Å². The maximum absolute atomic E-state index is 12.4. The molecule has 1 N–H and O–H groups in total. The van der Waals surface area contributed by atoms with Crippen molar-refractivity contribution < 1.29 is 27.5 Å². The van der Waals surface area contributed by atoms with Crippen LogP contribution in [0.2, 0.25) is 0 Å². The number of likely N-dealkylation sites (tertiary alicyclic amines) is 1. The van der Waals surface area contributed by atoms with Gasteiger partial charge in [0.1, 0.15) is 18.0 Å². The normalized spacial score (nSPS) is 13.9. The summed E-state index contributed by atoms with van der Waals surface area (Å²) in [4.78, 5) is 26.5. The molecular formula is C25H32N4O6S. The second kappa shape index (κ2) is 12.9. The van der Waals surface area contributed by atoms with Gasteiger partial charge in [0, 0.05) is 13.1 Å². The number of hydrogen-bond acceptors (Lipinski definition) is 7. The van der Waals surface area contributed by atoms with Crippen molar-refractivity contribution >= 4 is 33.7 Å². The summed E-state index contributed by atoms with van der Waals surface area (Å²) in [6, 6.07) is 13.5. The summed E-state index contributed by atoms with van der Waals surface area (Å²) in [7, 11) is -3.76. The quantitative estimate of drug-likeness (QED) is 0.362. The van der Waals surface area contributed by atoms with Crippen molar-refractivity contribution in [1.82, 2.24) is 10.3 Å². The van der Waals surface area contributed by atoms with Crippen LogP contribution in [0.1, 0.15) is 31.7 Å². The number of amides is 2. The van der Waals surface area contributed by atoms with Crippen LogP contribution in [-0.2, 0) is 19.6 Å². The van der Waals surface area contributed by atoms with Gasteiger partial charge in [-0.25, -0.2) is 13.8 Å². The zero-order valence-corrected chi connectivity index (χ0v) is 21.4. The van der Waals surface area contributed by atoms with Crippen LogP contribution >= 0.6 is 0 Å². The third kappa shape index (κ3) is 7.98. The molecule has 10 nitrogen and oxygen atoms in total. The van der Waals surface area contributed by atoms with E-state index in [1.54, 1.807) is 55.5 Å². The molecule has 0 unspecified atom stereocenters. The van der Waals surface area contributed by atoms with Crippen LogP contribution < -0.4 is 19.2 Å². The van der Waals surface area contributed by atoms with E-state index in [0.29, 0.717) is 23.7 Å². The minimum absolute atomic E-state index is 0.00719. The fourth-order valence-electron chi connectivity index (χ4n) is 3.70. The zero-order chi connectivity index (χ0) is 26.0. The minimum atomic E-state index is -3.76. The molecule has 0 aliphatic carbocycles. The molecule has 1 saturated heterocycles. The molecular weight excluding hydrogens is 484 g/mol. The van der Waals surface area contributed by atoms with Crippen molar-refractivity contribution in [3.8, 4) is 11.5 Å². The molecule has 11 heteroatoms. The summed E-state index contributed by atoms with van der Waals surface area (Å²) in [6.07, 6.45) is 5.67. The highest BCUT2D eigenvalue weighted by molar-refractivity contribution is 7.92. The van der Waals surface area contributed by atoms with E-state index in [2.05, 4.69) is 10.5 Å². The molecule has 1 aliphatic rings. The van der Waals surface area contributed by atoms with Crippen LogP contribution in [-0.4, -0.2) is 70.5 Å². The standard InChI is InChI=1S/C25H32N4O6S/c1-3-34-23-10-6-5-9-22(23)29(36(2,32)33)18-24(30)27-26-17-20-11-13-21(14-12-20)35-19-25(31)28-15-7-4-8-16-28/h5-6,9-14,17H,3-4,7-8,15-16,18-19H2,1-2H3,(H,27,30)/b26-17-. The number of piperidine rings is 1. The largest absolute Gasteiger partial charge is 0.492 e. The average molecular weight is 517 g/mol. The Morgan fingerprint density at radius 1 is 1.06 bits per heavy atom. The van der Waals surface area contributed by atoms with Gasteiger partial charge in [-0.1, -0.05) is 12.1 Å². The highest BCUT2D eigenvalue weighted by Gasteiger charge is 2.23. The third-order valence-corrected chi connectivity index (χ3v) is 6.60. The molecule has 0 saturated carbocycles. The lowest BCUT2D eigenvalue weighted by atomic mass is 10.1. The van der Waals surface area contributed by atoms with Crippen molar-refractivity contribution in [2.45, 2.75) is 26.2 Å². The third-order valence-electron chi connectivity index (χ3n) is 5.48. The SMILES string of the molecule is CCOc1ccccc1N(CC(=O)N/N=C\c1ccc(OCC(=O)N2CCCCC2)cc1)S(C)(=O)=O. The van der Waals surface area contributed by atoms with Crippen molar-refractivity contribution in [3.05, 3.63) is 54.1 Å². The molecule has 0 atom stereocenters. The summed E-state index contributed by atoms with van der Waals surface area (Å²) < 4.78 is 36.8. The Kier molecular flexibility index (Phi) is 9.69. The number of ether oxygens (including phenoxy) is 2. The van der Waals surface area contributed by atoms with Gasteiger partial charge in [-0.05, 0) is 68.1 Å². The van der Waals surface area contributed by atoms with Gasteiger partial charge in [-0.2, -0.15) is 5.10 Å². The van der Waals surface area contributed by atoms with Crippen LogP contribution in [0.25, 0.3) is 0 Å². The Bertz CT molecular complexity index is 1160. The Hall–Kier alpha value is -3.60. The predicted octanol–water partition coefficient (Wildman–Crippen LogP) is 2.39. The van der Waals surface area contributed by atoms with E-state index >= 15 is 0 Å². The molecule has 2 amide bonds. The van der Waals surface area contributed by atoms with Gasteiger partial charge in [0.2, 0.25) is 10.0 Å². The van der Waals surface area contributed by atoms with Crippen LogP contribution in [0, 0.1) is 0 Å². The molecule has 3 rings (SSSR count). The monoisotopic (exact) mass is 516 g/mol. The molecule has 1 fully saturated rings. The number of para-hydroxylation sites is 2. The van der Waals surface area contributed by atoms with Gasteiger partial charge in [0.25, 0.3) is 11.8 Å². The maximum Gasteiger partial charge on any atom is 0.260 e. The van der Waals surface area contributed by atoms with Crippen LogP contribution in [0.4, 0.5) is 5.69 Å². The first-order chi connectivity index (χ1) is 17.3. The first-order valence-electron chi connectivity index (χ1n) is 11.8. The Morgan fingerprint density at radius 3 is 2.42 bits per heavy atom. The van der Waals surface area contributed by atoms with Gasteiger partial charge in [0.15, 0.2) is 6.61 Å². The van der Waals surface area contributed by atoms with Crippen molar-refractivity contribution in [3.63, 3.8) is 0 Å². The first kappa shape index (κ1) is 27.0. The van der Waals surface area contributed by atoms with E-state index < -0.39 is 22.5 Å². The van der Waals surface area contributed by atoms with Gasteiger partial charge < -0.3 is 14.4 Å². The summed E-state index contributed by atoms with van der Waals surface area (Å²) in [5.74, 6) is 0.286.